The van der Waals surface area contributed by atoms with Gasteiger partial charge in [0.15, 0.2) is 6.10 Å². The summed E-state index contributed by atoms with van der Waals surface area (Å²) in [6, 6.07) is 0. The summed E-state index contributed by atoms with van der Waals surface area (Å²) in [5.41, 5.74) is 0. The fraction of sp³-hybridized carbons (Fsp3) is 0.708. The van der Waals surface area contributed by atoms with Gasteiger partial charge in [-0.05, 0) is 89.9 Å². The van der Waals surface area contributed by atoms with Gasteiger partial charge in [-0.1, -0.05) is 266 Å². The van der Waals surface area contributed by atoms with E-state index in [1.165, 1.54) is 161 Å². The van der Waals surface area contributed by atoms with Crippen LogP contribution in [0.15, 0.2) is 97.2 Å². The number of allylic oxidation sites excluding steroid dienone is 16. The fourth-order valence-electron chi connectivity index (χ4n) is 8.09. The molecule has 1 atom stereocenters. The molecule has 0 saturated heterocycles. The molecule has 0 N–H and O–H groups in total. The zero-order chi connectivity index (χ0) is 51.4. The highest BCUT2D eigenvalue weighted by atomic mass is 16.6. The number of ether oxygens (including phenoxy) is 3. The molecule has 0 bridgehead atoms. The summed E-state index contributed by atoms with van der Waals surface area (Å²) in [5, 5.41) is 0. The molecule has 0 aliphatic rings. The van der Waals surface area contributed by atoms with Crippen molar-refractivity contribution >= 4 is 17.9 Å². The lowest BCUT2D eigenvalue weighted by atomic mass is 10.0. The largest absolute Gasteiger partial charge is 0.462 e. The average Bonchev–Trinajstić information content (AvgIpc) is 3.37. The molecule has 0 amide bonds. The second-order valence-corrected chi connectivity index (χ2v) is 19.6. The van der Waals surface area contributed by atoms with Crippen molar-refractivity contribution in [3.8, 4) is 0 Å². The maximum Gasteiger partial charge on any atom is 0.306 e. The van der Waals surface area contributed by atoms with Crippen molar-refractivity contribution in [2.24, 2.45) is 0 Å². The Bertz CT molecular complexity index is 1410. The maximum atomic E-state index is 12.8. The standard InChI is InChI=1S/C65H110O6/c1-4-7-10-13-16-19-22-25-28-31-32-35-38-41-44-47-50-53-56-59-65(68)71-62(60-69-63(66)57-54-51-48-45-42-39-36-33-29-26-23-20-17-14-11-8-5-2)61-70-64(67)58-55-52-49-46-43-40-37-34-30-27-24-21-18-15-12-9-6-3/h16,19,25-26,28-29,32,35-36,39,41,44-45,48,50,53,62H,4-15,17-18,20-24,27,30-31,33-34,37-38,40,42-43,46-47,49,51-52,54-61H2,1-3H3/b19-16-,28-25-,29-26-,35-32-,39-36-,44-41-,48-45-,53-50-/t62-/m1/s1. The summed E-state index contributed by atoms with van der Waals surface area (Å²) >= 11 is 0. The Labute approximate surface area is 438 Å². The Morgan fingerprint density at radius 3 is 0.930 bits per heavy atom. The lowest BCUT2D eigenvalue weighted by Crippen LogP contribution is -2.30. The third kappa shape index (κ3) is 57.1. The molecular weight excluding hydrogens is 877 g/mol. The van der Waals surface area contributed by atoms with Crippen LogP contribution in [0.2, 0.25) is 0 Å². The van der Waals surface area contributed by atoms with Crippen LogP contribution >= 0.6 is 0 Å². The van der Waals surface area contributed by atoms with Gasteiger partial charge in [-0.15, -0.1) is 0 Å². The van der Waals surface area contributed by atoms with E-state index in [-0.39, 0.29) is 38.0 Å². The summed E-state index contributed by atoms with van der Waals surface area (Å²) in [6.45, 7) is 6.52. The minimum Gasteiger partial charge on any atom is -0.462 e. The van der Waals surface area contributed by atoms with Crippen molar-refractivity contribution in [2.75, 3.05) is 13.2 Å². The lowest BCUT2D eigenvalue weighted by molar-refractivity contribution is -0.166. The molecule has 0 heterocycles. The van der Waals surface area contributed by atoms with E-state index >= 15 is 0 Å². The highest BCUT2D eigenvalue weighted by Crippen LogP contribution is 2.15. The number of carbonyl (C=O) groups excluding carboxylic acids is 3. The molecule has 71 heavy (non-hydrogen) atoms. The fourth-order valence-corrected chi connectivity index (χ4v) is 8.09. The van der Waals surface area contributed by atoms with Gasteiger partial charge in [-0.2, -0.15) is 0 Å². The van der Waals surface area contributed by atoms with E-state index in [9.17, 15) is 14.4 Å². The molecule has 6 heteroatoms. The molecule has 0 unspecified atom stereocenters. The first-order valence-corrected chi connectivity index (χ1v) is 29.7. The molecule has 0 spiro atoms. The average molecular weight is 988 g/mol. The highest BCUT2D eigenvalue weighted by Gasteiger charge is 2.19. The molecular formula is C65H110O6. The normalized spacial score (nSPS) is 12.8. The molecule has 0 aliphatic carbocycles. The summed E-state index contributed by atoms with van der Waals surface area (Å²) in [4.78, 5) is 38.1. The molecule has 0 saturated carbocycles. The first-order chi connectivity index (χ1) is 35.0. The topological polar surface area (TPSA) is 78.9 Å². The van der Waals surface area contributed by atoms with E-state index < -0.39 is 12.1 Å². The van der Waals surface area contributed by atoms with Crippen LogP contribution in [0.1, 0.15) is 278 Å². The van der Waals surface area contributed by atoms with Crippen LogP contribution in [-0.4, -0.2) is 37.2 Å². The summed E-state index contributed by atoms with van der Waals surface area (Å²) in [7, 11) is 0. The molecule has 0 radical (unpaired) electrons. The zero-order valence-electron chi connectivity index (χ0n) is 46.5. The van der Waals surface area contributed by atoms with E-state index in [4.69, 9.17) is 14.2 Å². The number of rotatable bonds is 53. The molecule has 0 aromatic rings. The van der Waals surface area contributed by atoms with Crippen molar-refractivity contribution in [2.45, 2.75) is 284 Å². The van der Waals surface area contributed by atoms with Crippen LogP contribution in [0.4, 0.5) is 0 Å². The third-order valence-corrected chi connectivity index (χ3v) is 12.6. The van der Waals surface area contributed by atoms with Gasteiger partial charge in [0.2, 0.25) is 0 Å². The lowest BCUT2D eigenvalue weighted by Gasteiger charge is -2.18. The van der Waals surface area contributed by atoms with E-state index in [2.05, 4.69) is 112 Å². The minimum atomic E-state index is -0.837. The molecule has 0 aliphatic heterocycles. The SMILES string of the molecule is CCCCC/C=C\C/C=C\C/C=C\C/C=C\C/C=C\CCC(=O)O[C@H](COC(=O)CCC/C=C\C/C=C\C/C=C\CCCCCCCC)COC(=O)CCCCCCCCCCCCCCCCCCC. The van der Waals surface area contributed by atoms with Crippen LogP contribution < -0.4 is 0 Å². The van der Waals surface area contributed by atoms with Gasteiger partial charge in [-0.25, -0.2) is 0 Å². The zero-order valence-corrected chi connectivity index (χ0v) is 46.5. The Morgan fingerprint density at radius 2 is 0.549 bits per heavy atom. The number of esters is 3. The Morgan fingerprint density at radius 1 is 0.282 bits per heavy atom. The van der Waals surface area contributed by atoms with Crippen LogP contribution in [0.5, 0.6) is 0 Å². The Kier molecular flexibility index (Phi) is 55.9. The van der Waals surface area contributed by atoms with E-state index in [1.54, 1.807) is 0 Å². The van der Waals surface area contributed by atoms with Crippen LogP contribution in [0, 0.1) is 0 Å². The third-order valence-electron chi connectivity index (χ3n) is 12.6. The summed E-state index contributed by atoms with van der Waals surface area (Å²) < 4.78 is 16.8. The van der Waals surface area contributed by atoms with Gasteiger partial charge in [0.05, 0.1) is 0 Å². The van der Waals surface area contributed by atoms with E-state index in [1.807, 2.05) is 6.08 Å². The van der Waals surface area contributed by atoms with Gasteiger partial charge in [0.25, 0.3) is 0 Å². The van der Waals surface area contributed by atoms with Crippen LogP contribution in [0.3, 0.4) is 0 Å². The molecule has 6 nitrogen and oxygen atoms in total. The van der Waals surface area contributed by atoms with Crippen LogP contribution in [-0.2, 0) is 28.6 Å². The molecule has 0 fully saturated rings. The second-order valence-electron chi connectivity index (χ2n) is 19.6. The second kappa shape index (κ2) is 58.9. The van der Waals surface area contributed by atoms with Gasteiger partial charge in [0.1, 0.15) is 13.2 Å². The van der Waals surface area contributed by atoms with Crippen molar-refractivity contribution in [1.82, 2.24) is 0 Å². The number of unbranched alkanes of at least 4 members (excludes halogenated alkanes) is 26. The Balaban J connectivity index is 4.56. The number of hydrogen-bond acceptors (Lipinski definition) is 6. The van der Waals surface area contributed by atoms with Crippen molar-refractivity contribution in [3.63, 3.8) is 0 Å². The van der Waals surface area contributed by atoms with Crippen molar-refractivity contribution in [3.05, 3.63) is 97.2 Å². The monoisotopic (exact) mass is 987 g/mol. The smallest absolute Gasteiger partial charge is 0.306 e. The molecule has 406 valence electrons. The number of carbonyl (C=O) groups is 3. The van der Waals surface area contributed by atoms with Gasteiger partial charge < -0.3 is 14.2 Å². The Hall–Kier alpha value is -3.67. The summed E-state index contributed by atoms with van der Waals surface area (Å²) in [5.74, 6) is -1.05. The van der Waals surface area contributed by atoms with Gasteiger partial charge >= 0.3 is 17.9 Å². The molecule has 0 aromatic carbocycles. The number of hydrogen-bond donors (Lipinski definition) is 0. The highest BCUT2D eigenvalue weighted by molar-refractivity contribution is 5.71. The first-order valence-electron chi connectivity index (χ1n) is 29.7. The van der Waals surface area contributed by atoms with Crippen molar-refractivity contribution in [1.29, 1.82) is 0 Å². The first kappa shape index (κ1) is 67.3. The maximum absolute atomic E-state index is 12.8. The predicted molar refractivity (Wildman–Crippen MR) is 307 cm³/mol. The predicted octanol–water partition coefficient (Wildman–Crippen LogP) is 20.1. The van der Waals surface area contributed by atoms with Crippen LogP contribution in [0.25, 0.3) is 0 Å². The van der Waals surface area contributed by atoms with Gasteiger partial charge in [-0.3, -0.25) is 14.4 Å². The quantitative estimate of drug-likeness (QED) is 0.0261. The van der Waals surface area contributed by atoms with E-state index in [0.717, 1.165) is 64.2 Å². The summed E-state index contributed by atoms with van der Waals surface area (Å²) in [6.07, 6.45) is 78.5. The minimum absolute atomic E-state index is 0.121. The molecule has 0 rings (SSSR count). The van der Waals surface area contributed by atoms with Gasteiger partial charge in [0, 0.05) is 19.3 Å². The van der Waals surface area contributed by atoms with E-state index in [0.29, 0.717) is 19.3 Å². The molecule has 0 aromatic heterocycles. The van der Waals surface area contributed by atoms with Crippen molar-refractivity contribution < 1.29 is 28.6 Å².